The molecule has 3 N–H and O–H groups in total. The molecule has 0 saturated heterocycles. The second-order valence-electron chi connectivity index (χ2n) is 5.76. The van der Waals surface area contributed by atoms with Crippen molar-refractivity contribution in [1.82, 2.24) is 0 Å². The summed E-state index contributed by atoms with van der Waals surface area (Å²) in [4.78, 5) is 10.6. The van der Waals surface area contributed by atoms with Gasteiger partial charge in [-0.3, -0.25) is 4.79 Å². The zero-order valence-corrected chi connectivity index (χ0v) is 9.90. The fourth-order valence-corrected chi connectivity index (χ4v) is 3.64. The summed E-state index contributed by atoms with van der Waals surface area (Å²) in [5.74, 6) is 1.75. The summed E-state index contributed by atoms with van der Waals surface area (Å²) in [6.07, 6.45) is 9.96. The average Bonchev–Trinajstić information content (AvgIpc) is 2.25. The Bertz CT molecular complexity index is 242. The first-order chi connectivity index (χ1) is 7.65. The van der Waals surface area contributed by atoms with Crippen molar-refractivity contribution in [1.29, 1.82) is 0 Å². The summed E-state index contributed by atoms with van der Waals surface area (Å²) in [7, 11) is 0. The van der Waals surface area contributed by atoms with E-state index >= 15 is 0 Å². The minimum atomic E-state index is -0.851. The molecule has 92 valence electrons. The molecular formula is C13H23NO2. The normalized spacial score (nSPS) is 35.7. The molecule has 2 bridgehead atoms. The van der Waals surface area contributed by atoms with Gasteiger partial charge in [-0.25, -0.2) is 0 Å². The molecule has 0 aromatic heterocycles. The Hall–Kier alpha value is -0.570. The number of fused-ring (bicyclic) bond motifs is 2. The maximum atomic E-state index is 10.6. The van der Waals surface area contributed by atoms with Crippen molar-refractivity contribution < 1.29 is 9.90 Å². The van der Waals surface area contributed by atoms with Crippen LogP contribution in [0, 0.1) is 17.8 Å². The van der Waals surface area contributed by atoms with Crippen LogP contribution in [0.1, 0.15) is 51.4 Å². The molecule has 3 unspecified atom stereocenters. The second-order valence-corrected chi connectivity index (χ2v) is 5.76. The number of carbonyl (C=O) groups is 1. The van der Waals surface area contributed by atoms with Crippen molar-refractivity contribution in [3.8, 4) is 0 Å². The monoisotopic (exact) mass is 225 g/mol. The number of carboxylic acid groups (broad SMARTS) is 1. The van der Waals surface area contributed by atoms with E-state index in [0.717, 1.165) is 24.2 Å². The van der Waals surface area contributed by atoms with Gasteiger partial charge in [0.25, 0.3) is 0 Å². The smallest absolute Gasteiger partial charge is 0.320 e. The summed E-state index contributed by atoms with van der Waals surface area (Å²) in [6.45, 7) is 0. The molecule has 16 heavy (non-hydrogen) atoms. The minimum Gasteiger partial charge on any atom is -0.480 e. The van der Waals surface area contributed by atoms with Gasteiger partial charge in [-0.05, 0) is 49.9 Å². The summed E-state index contributed by atoms with van der Waals surface area (Å²) in [6, 6.07) is -0.651. The molecule has 0 amide bonds. The fraction of sp³-hybridized carbons (Fsp3) is 0.923. The van der Waals surface area contributed by atoms with E-state index in [9.17, 15) is 4.79 Å². The van der Waals surface area contributed by atoms with Crippen LogP contribution in [-0.4, -0.2) is 17.1 Å². The molecule has 2 saturated carbocycles. The van der Waals surface area contributed by atoms with Crippen LogP contribution in [0.25, 0.3) is 0 Å². The standard InChI is InChI=1S/C13H23NO2/c14-12(13(15)16)5-4-11-7-9-2-1-3-10(6-9)8-11/h9-12H,1-8,14H2,(H,15,16). The minimum absolute atomic E-state index is 0.651. The first-order valence-corrected chi connectivity index (χ1v) is 6.63. The topological polar surface area (TPSA) is 63.3 Å². The number of rotatable bonds is 4. The quantitative estimate of drug-likeness (QED) is 0.772. The lowest BCUT2D eigenvalue weighted by atomic mass is 9.67. The van der Waals surface area contributed by atoms with Crippen LogP contribution >= 0.6 is 0 Å². The SMILES string of the molecule is NC(CCC1CC2CCCC(C2)C1)C(=O)O. The van der Waals surface area contributed by atoms with Crippen LogP contribution in [0.4, 0.5) is 0 Å². The highest BCUT2D eigenvalue weighted by Gasteiger charge is 2.31. The summed E-state index contributed by atoms with van der Waals surface area (Å²) in [5.41, 5.74) is 5.55. The highest BCUT2D eigenvalue weighted by molar-refractivity contribution is 5.72. The van der Waals surface area contributed by atoms with E-state index in [0.29, 0.717) is 6.42 Å². The van der Waals surface area contributed by atoms with Gasteiger partial charge in [-0.2, -0.15) is 0 Å². The van der Waals surface area contributed by atoms with Gasteiger partial charge in [0.05, 0.1) is 0 Å². The van der Waals surface area contributed by atoms with Crippen LogP contribution in [0.2, 0.25) is 0 Å². The molecule has 0 heterocycles. The average molecular weight is 225 g/mol. The summed E-state index contributed by atoms with van der Waals surface area (Å²) >= 11 is 0. The van der Waals surface area contributed by atoms with E-state index in [4.69, 9.17) is 10.8 Å². The lowest BCUT2D eigenvalue weighted by molar-refractivity contribution is -0.138. The molecule has 3 nitrogen and oxygen atoms in total. The van der Waals surface area contributed by atoms with Gasteiger partial charge in [-0.1, -0.05) is 19.3 Å². The predicted molar refractivity (Wildman–Crippen MR) is 63.0 cm³/mol. The van der Waals surface area contributed by atoms with E-state index in [1.807, 2.05) is 0 Å². The van der Waals surface area contributed by atoms with E-state index < -0.39 is 12.0 Å². The van der Waals surface area contributed by atoms with Crippen LogP contribution < -0.4 is 5.73 Å². The van der Waals surface area contributed by atoms with Crippen molar-refractivity contribution >= 4 is 5.97 Å². The van der Waals surface area contributed by atoms with Crippen molar-refractivity contribution in [3.63, 3.8) is 0 Å². The summed E-state index contributed by atoms with van der Waals surface area (Å²) in [5, 5.41) is 8.75. The Morgan fingerprint density at radius 1 is 1.25 bits per heavy atom. The molecule has 2 aliphatic rings. The first kappa shape index (κ1) is 11.9. The fourth-order valence-electron chi connectivity index (χ4n) is 3.64. The molecule has 2 aliphatic carbocycles. The Balaban J connectivity index is 1.76. The molecule has 0 aromatic rings. The van der Waals surface area contributed by atoms with Gasteiger partial charge in [0, 0.05) is 0 Å². The number of hydrogen-bond donors (Lipinski definition) is 2. The zero-order chi connectivity index (χ0) is 11.5. The van der Waals surface area contributed by atoms with Gasteiger partial charge < -0.3 is 10.8 Å². The van der Waals surface area contributed by atoms with Crippen molar-refractivity contribution in [2.45, 2.75) is 57.4 Å². The number of carboxylic acids is 1. The summed E-state index contributed by atoms with van der Waals surface area (Å²) < 4.78 is 0. The number of aliphatic carboxylic acids is 1. The van der Waals surface area contributed by atoms with Crippen molar-refractivity contribution in [3.05, 3.63) is 0 Å². The molecule has 3 atom stereocenters. The van der Waals surface area contributed by atoms with Gasteiger partial charge in [0.1, 0.15) is 6.04 Å². The molecule has 0 radical (unpaired) electrons. The van der Waals surface area contributed by atoms with Gasteiger partial charge in [0.15, 0.2) is 0 Å². The second kappa shape index (κ2) is 5.17. The molecule has 0 aliphatic heterocycles. The number of nitrogens with two attached hydrogens (primary N) is 1. The lowest BCUT2D eigenvalue weighted by Crippen LogP contribution is -2.32. The van der Waals surface area contributed by atoms with E-state index in [2.05, 4.69) is 0 Å². The molecule has 2 rings (SSSR count). The van der Waals surface area contributed by atoms with Gasteiger partial charge >= 0.3 is 5.97 Å². The third-order valence-electron chi connectivity index (χ3n) is 4.43. The van der Waals surface area contributed by atoms with Crippen molar-refractivity contribution in [2.75, 3.05) is 0 Å². The van der Waals surface area contributed by atoms with Crippen molar-refractivity contribution in [2.24, 2.45) is 23.5 Å². The van der Waals surface area contributed by atoms with Crippen LogP contribution in [0.15, 0.2) is 0 Å². The zero-order valence-electron chi connectivity index (χ0n) is 9.90. The third-order valence-corrected chi connectivity index (χ3v) is 4.43. The third kappa shape index (κ3) is 2.97. The highest BCUT2D eigenvalue weighted by Crippen LogP contribution is 2.43. The molecule has 0 aromatic carbocycles. The molecular weight excluding hydrogens is 202 g/mol. The van der Waals surface area contributed by atoms with Crippen LogP contribution in [-0.2, 0) is 4.79 Å². The Labute approximate surface area is 97.4 Å². The van der Waals surface area contributed by atoms with E-state index in [1.165, 1.54) is 38.5 Å². The first-order valence-electron chi connectivity index (χ1n) is 6.63. The highest BCUT2D eigenvalue weighted by atomic mass is 16.4. The molecule has 3 heteroatoms. The Morgan fingerprint density at radius 2 is 1.88 bits per heavy atom. The van der Waals surface area contributed by atoms with Crippen LogP contribution in [0.5, 0.6) is 0 Å². The van der Waals surface area contributed by atoms with Gasteiger partial charge in [-0.15, -0.1) is 0 Å². The number of hydrogen-bond acceptors (Lipinski definition) is 2. The molecule has 0 spiro atoms. The van der Waals surface area contributed by atoms with E-state index in [1.54, 1.807) is 0 Å². The maximum Gasteiger partial charge on any atom is 0.320 e. The Morgan fingerprint density at radius 3 is 2.44 bits per heavy atom. The maximum absolute atomic E-state index is 10.6. The predicted octanol–water partition coefficient (Wildman–Crippen LogP) is 2.39. The Kier molecular flexibility index (Phi) is 3.85. The largest absolute Gasteiger partial charge is 0.480 e. The lowest BCUT2D eigenvalue weighted by Gasteiger charge is -2.39. The van der Waals surface area contributed by atoms with E-state index in [-0.39, 0.29) is 0 Å². The van der Waals surface area contributed by atoms with Crippen LogP contribution in [0.3, 0.4) is 0 Å². The van der Waals surface area contributed by atoms with Gasteiger partial charge in [0.2, 0.25) is 0 Å². The molecule has 2 fully saturated rings.